The van der Waals surface area contributed by atoms with Gasteiger partial charge in [0.2, 0.25) is 5.91 Å². The molecule has 0 aromatic heterocycles. The van der Waals surface area contributed by atoms with Gasteiger partial charge in [0, 0.05) is 22.2 Å². The van der Waals surface area contributed by atoms with Crippen molar-refractivity contribution < 1.29 is 18.9 Å². The molecule has 0 spiro atoms. The molecule has 0 aliphatic heterocycles. The zero-order valence-electron chi connectivity index (χ0n) is 15.1. The lowest BCUT2D eigenvalue weighted by molar-refractivity contribution is -0.113. The number of carboxylic acids is 1. The highest BCUT2D eigenvalue weighted by atomic mass is 32.2. The van der Waals surface area contributed by atoms with Crippen LogP contribution in [0.1, 0.15) is 42.3 Å². The summed E-state index contributed by atoms with van der Waals surface area (Å²) in [5, 5.41) is 11.6. The SMILES string of the molecule is CC(C)(C)c1ccc(NC(=O)CS(=O)Cc2ccc(C(=O)O)cc2)cc1. The van der Waals surface area contributed by atoms with Crippen molar-refractivity contribution in [2.75, 3.05) is 11.1 Å². The van der Waals surface area contributed by atoms with Gasteiger partial charge in [-0.1, -0.05) is 45.0 Å². The van der Waals surface area contributed by atoms with Gasteiger partial charge in [-0.25, -0.2) is 4.79 Å². The Morgan fingerprint density at radius 3 is 2.08 bits per heavy atom. The van der Waals surface area contributed by atoms with E-state index in [1.54, 1.807) is 12.1 Å². The molecule has 1 atom stereocenters. The van der Waals surface area contributed by atoms with E-state index in [0.717, 1.165) is 5.56 Å². The van der Waals surface area contributed by atoms with Crippen LogP contribution in [-0.4, -0.2) is 26.9 Å². The Hall–Kier alpha value is -2.47. The van der Waals surface area contributed by atoms with Gasteiger partial charge in [-0.05, 0) is 40.8 Å². The number of anilines is 1. The van der Waals surface area contributed by atoms with Crippen LogP contribution >= 0.6 is 0 Å². The number of aromatic carboxylic acids is 1. The summed E-state index contributed by atoms with van der Waals surface area (Å²) in [7, 11) is -1.37. The highest BCUT2D eigenvalue weighted by molar-refractivity contribution is 7.84. The fraction of sp³-hybridized carbons (Fsp3) is 0.300. The first kappa shape index (κ1) is 19.8. The average Bonchev–Trinajstić information content (AvgIpc) is 2.54. The maximum absolute atomic E-state index is 12.2. The van der Waals surface area contributed by atoms with Crippen molar-refractivity contribution in [2.45, 2.75) is 31.9 Å². The topological polar surface area (TPSA) is 83.5 Å². The molecule has 1 amide bonds. The summed E-state index contributed by atoms with van der Waals surface area (Å²) in [6.07, 6.45) is 0. The quantitative estimate of drug-likeness (QED) is 0.811. The Balaban J connectivity index is 1.88. The summed E-state index contributed by atoms with van der Waals surface area (Å²) in [5.41, 5.74) is 2.79. The molecule has 138 valence electrons. The number of amides is 1. The van der Waals surface area contributed by atoms with E-state index in [1.165, 1.54) is 17.7 Å². The molecule has 2 aromatic carbocycles. The minimum Gasteiger partial charge on any atom is -0.478 e. The second-order valence-electron chi connectivity index (χ2n) is 7.11. The van der Waals surface area contributed by atoms with Gasteiger partial charge in [0.25, 0.3) is 0 Å². The molecule has 2 N–H and O–H groups in total. The standard InChI is InChI=1S/C20H23NO4S/c1-20(2,3)16-8-10-17(11-9-16)21-18(22)13-26(25)12-14-4-6-15(7-5-14)19(23)24/h4-11H,12-13H2,1-3H3,(H,21,22)(H,23,24). The Bertz CT molecular complexity index is 805. The van der Waals surface area contributed by atoms with Crippen molar-refractivity contribution in [3.8, 4) is 0 Å². The van der Waals surface area contributed by atoms with Gasteiger partial charge in [-0.15, -0.1) is 0 Å². The summed E-state index contributed by atoms with van der Waals surface area (Å²) in [5.74, 6) is -1.22. The van der Waals surface area contributed by atoms with Crippen LogP contribution in [0.3, 0.4) is 0 Å². The van der Waals surface area contributed by atoms with Crippen LogP contribution in [0.25, 0.3) is 0 Å². The summed E-state index contributed by atoms with van der Waals surface area (Å²) < 4.78 is 12.2. The molecule has 2 rings (SSSR count). The van der Waals surface area contributed by atoms with Gasteiger partial charge < -0.3 is 10.4 Å². The molecular formula is C20H23NO4S. The second kappa shape index (κ2) is 8.27. The maximum Gasteiger partial charge on any atom is 0.335 e. The van der Waals surface area contributed by atoms with E-state index in [1.807, 2.05) is 24.3 Å². The number of carbonyl (C=O) groups excluding carboxylic acids is 1. The highest BCUT2D eigenvalue weighted by Crippen LogP contribution is 2.23. The number of carboxylic acid groups (broad SMARTS) is 1. The van der Waals surface area contributed by atoms with Crippen molar-refractivity contribution in [3.05, 3.63) is 65.2 Å². The van der Waals surface area contributed by atoms with E-state index in [4.69, 9.17) is 5.11 Å². The number of hydrogen-bond acceptors (Lipinski definition) is 3. The van der Waals surface area contributed by atoms with Crippen LogP contribution in [-0.2, 0) is 26.8 Å². The molecule has 1 unspecified atom stereocenters. The normalized spacial score (nSPS) is 12.4. The van der Waals surface area contributed by atoms with Gasteiger partial charge in [0.15, 0.2) is 0 Å². The van der Waals surface area contributed by atoms with Crippen molar-refractivity contribution in [1.82, 2.24) is 0 Å². The van der Waals surface area contributed by atoms with Crippen molar-refractivity contribution in [3.63, 3.8) is 0 Å². The molecule has 0 heterocycles. The summed E-state index contributed by atoms with van der Waals surface area (Å²) in [4.78, 5) is 22.9. The molecule has 6 heteroatoms. The second-order valence-corrected chi connectivity index (χ2v) is 8.56. The number of hydrogen-bond donors (Lipinski definition) is 2. The minimum atomic E-state index is -1.37. The fourth-order valence-corrected chi connectivity index (χ4v) is 3.41. The van der Waals surface area contributed by atoms with Gasteiger partial charge in [0.1, 0.15) is 5.75 Å². The molecular weight excluding hydrogens is 350 g/mol. The molecule has 0 bridgehead atoms. The smallest absolute Gasteiger partial charge is 0.335 e. The minimum absolute atomic E-state index is 0.0419. The Kier molecular flexibility index (Phi) is 6.32. The summed E-state index contributed by atoms with van der Waals surface area (Å²) >= 11 is 0. The predicted molar refractivity (Wildman–Crippen MR) is 104 cm³/mol. The molecule has 0 aliphatic rings. The zero-order valence-corrected chi connectivity index (χ0v) is 15.9. The lowest BCUT2D eigenvalue weighted by Gasteiger charge is -2.19. The van der Waals surface area contributed by atoms with Crippen molar-refractivity contribution in [1.29, 1.82) is 0 Å². The van der Waals surface area contributed by atoms with E-state index in [9.17, 15) is 13.8 Å². The molecule has 0 saturated carbocycles. The van der Waals surface area contributed by atoms with E-state index >= 15 is 0 Å². The van der Waals surface area contributed by atoms with Crippen LogP contribution in [0.4, 0.5) is 5.69 Å². The van der Waals surface area contributed by atoms with Crippen LogP contribution in [0.2, 0.25) is 0 Å². The Morgan fingerprint density at radius 2 is 1.58 bits per heavy atom. The molecule has 5 nitrogen and oxygen atoms in total. The zero-order chi connectivity index (χ0) is 19.3. The lowest BCUT2D eigenvalue weighted by Crippen LogP contribution is -2.20. The van der Waals surface area contributed by atoms with Gasteiger partial charge in [-0.3, -0.25) is 9.00 Å². The average molecular weight is 373 g/mol. The molecule has 0 saturated heterocycles. The monoisotopic (exact) mass is 373 g/mol. The highest BCUT2D eigenvalue weighted by Gasteiger charge is 2.14. The van der Waals surface area contributed by atoms with E-state index in [0.29, 0.717) is 5.69 Å². The number of benzene rings is 2. The van der Waals surface area contributed by atoms with E-state index in [2.05, 4.69) is 26.1 Å². The van der Waals surface area contributed by atoms with Gasteiger partial charge >= 0.3 is 5.97 Å². The molecule has 0 radical (unpaired) electrons. The number of rotatable bonds is 6. The predicted octanol–water partition coefficient (Wildman–Crippen LogP) is 3.57. The summed E-state index contributed by atoms with van der Waals surface area (Å²) in [6.45, 7) is 6.35. The van der Waals surface area contributed by atoms with Crippen LogP contribution in [0.5, 0.6) is 0 Å². The van der Waals surface area contributed by atoms with Crippen molar-refractivity contribution >= 4 is 28.4 Å². The Morgan fingerprint density at radius 1 is 1.00 bits per heavy atom. The number of carbonyl (C=O) groups is 2. The van der Waals surface area contributed by atoms with Crippen molar-refractivity contribution in [2.24, 2.45) is 0 Å². The molecule has 26 heavy (non-hydrogen) atoms. The lowest BCUT2D eigenvalue weighted by atomic mass is 9.87. The van der Waals surface area contributed by atoms with Crippen LogP contribution in [0.15, 0.2) is 48.5 Å². The summed E-state index contributed by atoms with van der Waals surface area (Å²) in [6, 6.07) is 13.8. The van der Waals surface area contributed by atoms with Gasteiger partial charge in [0.05, 0.1) is 5.56 Å². The molecule has 2 aromatic rings. The van der Waals surface area contributed by atoms with E-state index in [-0.39, 0.29) is 28.4 Å². The first-order valence-electron chi connectivity index (χ1n) is 8.23. The van der Waals surface area contributed by atoms with Crippen LogP contribution in [0, 0.1) is 0 Å². The number of nitrogens with one attached hydrogen (secondary N) is 1. The van der Waals surface area contributed by atoms with E-state index < -0.39 is 16.8 Å². The fourth-order valence-electron chi connectivity index (χ4n) is 2.38. The third-order valence-electron chi connectivity index (χ3n) is 3.86. The molecule has 0 fully saturated rings. The van der Waals surface area contributed by atoms with Crippen LogP contribution < -0.4 is 5.32 Å². The third kappa shape index (κ3) is 5.81. The Labute approximate surface area is 155 Å². The van der Waals surface area contributed by atoms with Gasteiger partial charge in [-0.2, -0.15) is 0 Å². The maximum atomic E-state index is 12.2. The first-order chi connectivity index (χ1) is 12.1. The third-order valence-corrected chi connectivity index (χ3v) is 5.09. The largest absolute Gasteiger partial charge is 0.478 e. The molecule has 0 aliphatic carbocycles. The first-order valence-corrected chi connectivity index (χ1v) is 9.71.